The molecule has 19 heavy (non-hydrogen) atoms. The van der Waals surface area contributed by atoms with Crippen LogP contribution in [0, 0.1) is 6.92 Å². The molecular weight excluding hydrogens is 240 g/mol. The predicted octanol–water partition coefficient (Wildman–Crippen LogP) is 2.30. The van der Waals surface area contributed by atoms with Crippen molar-refractivity contribution in [3.8, 4) is 0 Å². The number of ether oxygens (including phenoxy) is 1. The molecule has 3 N–H and O–H groups in total. The van der Waals surface area contributed by atoms with E-state index >= 15 is 0 Å². The second-order valence-corrected chi connectivity index (χ2v) is 5.20. The molecule has 1 aliphatic rings. The molecule has 2 unspecified atom stereocenters. The van der Waals surface area contributed by atoms with Crippen LogP contribution in [0.1, 0.15) is 44.0 Å². The van der Waals surface area contributed by atoms with E-state index < -0.39 is 0 Å². The summed E-state index contributed by atoms with van der Waals surface area (Å²) in [6.45, 7) is 4.08. The van der Waals surface area contributed by atoms with Crippen LogP contribution in [0.15, 0.2) is 0 Å². The Morgan fingerprint density at radius 1 is 1.37 bits per heavy atom. The Balaban J connectivity index is 2.18. The van der Waals surface area contributed by atoms with Gasteiger partial charge in [0.15, 0.2) is 0 Å². The molecule has 0 aromatic carbocycles. The maximum Gasteiger partial charge on any atom is 0.135 e. The highest BCUT2D eigenvalue weighted by molar-refractivity contribution is 5.55. The Hall–Kier alpha value is -1.36. The van der Waals surface area contributed by atoms with Crippen LogP contribution >= 0.6 is 0 Å². The summed E-state index contributed by atoms with van der Waals surface area (Å²) in [6.07, 6.45) is 5.56. The molecule has 2 rings (SSSR count). The molecule has 1 heterocycles. The van der Waals surface area contributed by atoms with E-state index in [0.29, 0.717) is 11.9 Å². The molecule has 1 aliphatic carbocycles. The zero-order valence-corrected chi connectivity index (χ0v) is 12.1. The minimum absolute atomic E-state index is 0.269. The number of aryl methyl sites for hydroxylation is 1. The second kappa shape index (κ2) is 6.19. The van der Waals surface area contributed by atoms with Crippen molar-refractivity contribution in [3.05, 3.63) is 11.4 Å². The van der Waals surface area contributed by atoms with E-state index in [9.17, 15) is 0 Å². The van der Waals surface area contributed by atoms with Gasteiger partial charge in [0, 0.05) is 19.1 Å². The Labute approximate surface area is 115 Å². The highest BCUT2D eigenvalue weighted by Gasteiger charge is 2.28. The molecular formula is C14H24N4O. The first-order valence-electron chi connectivity index (χ1n) is 7.08. The fourth-order valence-corrected chi connectivity index (χ4v) is 2.61. The molecule has 0 amide bonds. The van der Waals surface area contributed by atoms with Gasteiger partial charge < -0.3 is 15.8 Å². The van der Waals surface area contributed by atoms with E-state index in [4.69, 9.17) is 10.5 Å². The quantitative estimate of drug-likeness (QED) is 0.853. The van der Waals surface area contributed by atoms with Gasteiger partial charge in [-0.05, 0) is 32.6 Å². The number of hydrogen-bond acceptors (Lipinski definition) is 5. The van der Waals surface area contributed by atoms with Crippen molar-refractivity contribution in [2.45, 2.75) is 58.1 Å². The lowest BCUT2D eigenvalue weighted by Crippen LogP contribution is -2.30. The predicted molar refractivity (Wildman–Crippen MR) is 77.2 cm³/mol. The van der Waals surface area contributed by atoms with Crippen LogP contribution < -0.4 is 11.1 Å². The summed E-state index contributed by atoms with van der Waals surface area (Å²) in [5.41, 5.74) is 6.90. The molecule has 0 spiro atoms. The lowest BCUT2D eigenvalue weighted by molar-refractivity contribution is 0.101. The highest BCUT2D eigenvalue weighted by atomic mass is 16.5. The normalized spacial score (nSPS) is 22.7. The number of aromatic nitrogens is 2. The summed E-state index contributed by atoms with van der Waals surface area (Å²) in [5.74, 6) is 2.26. The van der Waals surface area contributed by atoms with Crippen molar-refractivity contribution >= 4 is 11.6 Å². The van der Waals surface area contributed by atoms with Crippen molar-refractivity contribution in [2.75, 3.05) is 18.2 Å². The number of nitrogen functional groups attached to an aromatic ring is 1. The van der Waals surface area contributed by atoms with Gasteiger partial charge in [-0.3, -0.25) is 0 Å². The minimum atomic E-state index is 0.269. The molecule has 106 valence electrons. The summed E-state index contributed by atoms with van der Waals surface area (Å²) >= 11 is 0. The third-order valence-electron chi connectivity index (χ3n) is 3.78. The van der Waals surface area contributed by atoms with E-state index in [0.717, 1.165) is 42.9 Å². The number of rotatable bonds is 5. The molecule has 0 radical (unpaired) electrons. The smallest absolute Gasteiger partial charge is 0.135 e. The fraction of sp³-hybridized carbons (Fsp3) is 0.714. The first-order chi connectivity index (χ1) is 9.15. The molecule has 5 heteroatoms. The third kappa shape index (κ3) is 3.15. The lowest BCUT2D eigenvalue weighted by Gasteiger charge is -2.21. The molecule has 1 saturated carbocycles. The number of nitrogens with one attached hydrogen (secondary N) is 1. The zero-order valence-electron chi connectivity index (χ0n) is 12.1. The average Bonchev–Trinajstić information content (AvgIpc) is 2.83. The van der Waals surface area contributed by atoms with Crippen LogP contribution in [-0.4, -0.2) is 29.2 Å². The summed E-state index contributed by atoms with van der Waals surface area (Å²) in [5, 5.41) is 3.49. The van der Waals surface area contributed by atoms with Gasteiger partial charge in [-0.15, -0.1) is 0 Å². The van der Waals surface area contributed by atoms with E-state index in [1.165, 1.54) is 6.42 Å². The number of methoxy groups -OCH3 is 1. The van der Waals surface area contributed by atoms with Crippen molar-refractivity contribution in [3.63, 3.8) is 0 Å². The first kappa shape index (κ1) is 14.1. The molecule has 0 aliphatic heterocycles. The first-order valence-corrected chi connectivity index (χ1v) is 7.08. The van der Waals surface area contributed by atoms with Gasteiger partial charge in [-0.25, -0.2) is 9.97 Å². The Bertz CT molecular complexity index is 436. The van der Waals surface area contributed by atoms with Crippen molar-refractivity contribution < 1.29 is 4.74 Å². The van der Waals surface area contributed by atoms with Gasteiger partial charge in [0.2, 0.25) is 0 Å². The third-order valence-corrected chi connectivity index (χ3v) is 3.78. The Morgan fingerprint density at radius 2 is 2.16 bits per heavy atom. The van der Waals surface area contributed by atoms with Crippen LogP contribution in [0.2, 0.25) is 0 Å². The summed E-state index contributed by atoms with van der Waals surface area (Å²) in [7, 11) is 1.77. The van der Waals surface area contributed by atoms with Crippen LogP contribution in [0.4, 0.5) is 11.6 Å². The van der Waals surface area contributed by atoms with Gasteiger partial charge in [-0.2, -0.15) is 0 Å². The molecule has 1 fully saturated rings. The SMILES string of the molecule is CCCc1nc(N)c(C)c(NC2CCCC2OC)n1. The lowest BCUT2D eigenvalue weighted by atomic mass is 10.2. The van der Waals surface area contributed by atoms with Crippen LogP contribution in [-0.2, 0) is 11.2 Å². The second-order valence-electron chi connectivity index (χ2n) is 5.20. The van der Waals surface area contributed by atoms with Crippen LogP contribution in [0.5, 0.6) is 0 Å². The van der Waals surface area contributed by atoms with Crippen molar-refractivity contribution in [2.24, 2.45) is 0 Å². The van der Waals surface area contributed by atoms with E-state index in [2.05, 4.69) is 22.2 Å². The van der Waals surface area contributed by atoms with Gasteiger partial charge in [0.05, 0.1) is 12.1 Å². The number of anilines is 2. The maximum atomic E-state index is 5.97. The topological polar surface area (TPSA) is 73.1 Å². The molecule has 2 atom stereocenters. The van der Waals surface area contributed by atoms with Crippen molar-refractivity contribution in [1.29, 1.82) is 0 Å². The van der Waals surface area contributed by atoms with E-state index in [-0.39, 0.29) is 6.10 Å². The monoisotopic (exact) mass is 264 g/mol. The summed E-state index contributed by atoms with van der Waals surface area (Å²) in [4.78, 5) is 8.93. The maximum absolute atomic E-state index is 5.97. The molecule has 1 aromatic heterocycles. The van der Waals surface area contributed by atoms with E-state index in [1.54, 1.807) is 7.11 Å². The highest BCUT2D eigenvalue weighted by Crippen LogP contribution is 2.27. The number of hydrogen-bond donors (Lipinski definition) is 2. The van der Waals surface area contributed by atoms with Gasteiger partial charge in [0.1, 0.15) is 17.5 Å². The summed E-state index contributed by atoms with van der Waals surface area (Å²) in [6, 6.07) is 0.326. The molecule has 1 aromatic rings. The number of nitrogens with two attached hydrogens (primary N) is 1. The average molecular weight is 264 g/mol. The fourth-order valence-electron chi connectivity index (χ4n) is 2.61. The minimum Gasteiger partial charge on any atom is -0.383 e. The Kier molecular flexibility index (Phi) is 4.58. The Morgan fingerprint density at radius 3 is 2.84 bits per heavy atom. The van der Waals surface area contributed by atoms with E-state index in [1.807, 2.05) is 6.92 Å². The summed E-state index contributed by atoms with van der Waals surface area (Å²) < 4.78 is 5.51. The van der Waals surface area contributed by atoms with Crippen LogP contribution in [0.3, 0.4) is 0 Å². The van der Waals surface area contributed by atoms with Gasteiger partial charge in [0.25, 0.3) is 0 Å². The van der Waals surface area contributed by atoms with Gasteiger partial charge in [-0.1, -0.05) is 6.92 Å². The molecule has 0 bridgehead atoms. The van der Waals surface area contributed by atoms with Gasteiger partial charge >= 0.3 is 0 Å². The molecule has 0 saturated heterocycles. The van der Waals surface area contributed by atoms with Crippen LogP contribution in [0.25, 0.3) is 0 Å². The molecule has 5 nitrogen and oxygen atoms in total. The zero-order chi connectivity index (χ0) is 13.8. The largest absolute Gasteiger partial charge is 0.383 e. The number of nitrogens with zero attached hydrogens (tertiary/aromatic N) is 2. The standard InChI is InChI=1S/C14H24N4O/c1-4-6-12-17-13(15)9(2)14(18-12)16-10-7-5-8-11(10)19-3/h10-11H,4-8H2,1-3H3,(H3,15,16,17,18). The van der Waals surface area contributed by atoms with Crippen molar-refractivity contribution in [1.82, 2.24) is 9.97 Å².